The van der Waals surface area contributed by atoms with Gasteiger partial charge < -0.3 is 9.80 Å². The fraction of sp³-hybridized carbons (Fsp3) is 0.261. The average Bonchev–Trinajstić information content (AvgIpc) is 3.50. The molecule has 8 nitrogen and oxygen atoms in total. The Kier molecular flexibility index (Phi) is 8.32. The van der Waals surface area contributed by atoms with Gasteiger partial charge in [0, 0.05) is 40.5 Å². The number of hydrogen-bond donors (Lipinski definition) is 0. The van der Waals surface area contributed by atoms with Crippen LogP contribution in [0.2, 0.25) is 0 Å². The Morgan fingerprint density at radius 1 is 0.407 bits per heavy atom. The Morgan fingerprint density at radius 3 is 1.24 bits per heavy atom. The average molecular weight is 711 g/mol. The van der Waals surface area contributed by atoms with Crippen molar-refractivity contribution in [3.8, 4) is 33.9 Å². The van der Waals surface area contributed by atoms with Gasteiger partial charge in [0.2, 0.25) is 0 Å². The largest absolute Gasteiger partial charge is 0.317 e. The number of amidine groups is 2. The molecule has 0 atom stereocenters. The van der Waals surface area contributed by atoms with Gasteiger partial charge in [0.05, 0.1) is 33.5 Å². The van der Waals surface area contributed by atoms with Gasteiger partial charge in [0.1, 0.15) is 11.4 Å². The number of aliphatic imine (C=N–C) groups is 2. The van der Waals surface area contributed by atoms with Gasteiger partial charge in [0.25, 0.3) is 0 Å². The van der Waals surface area contributed by atoms with E-state index in [1.165, 1.54) is 0 Å². The van der Waals surface area contributed by atoms with Crippen LogP contribution in [0.15, 0.2) is 144 Å². The number of anilines is 2. The zero-order valence-electron chi connectivity index (χ0n) is 32.3. The molecule has 0 N–H and O–H groups in total. The van der Waals surface area contributed by atoms with Crippen molar-refractivity contribution in [1.82, 2.24) is 19.9 Å². The summed E-state index contributed by atoms with van der Waals surface area (Å²) in [6.45, 7) is 17.7. The standard InChI is InChI=1S/C46H46N8/c1-43(2)45(5,6)53(34-20-14-10-15-21-34)41(51-43)36-26-24-32(29-47-36)39-28-38(31-18-12-9-13-19-31)49-40(50-39)33-25-27-37(48-30-33)42-52-44(3,4)46(7,8)54(42)35-22-16-11-17-23-35/h9-30H,1-8H3. The number of para-hydroxylation sites is 2. The van der Waals surface area contributed by atoms with Gasteiger partial charge in [-0.3, -0.25) is 20.0 Å². The van der Waals surface area contributed by atoms with Crippen molar-refractivity contribution in [3.05, 3.63) is 145 Å². The topological polar surface area (TPSA) is 82.8 Å². The fourth-order valence-electron chi connectivity index (χ4n) is 7.18. The number of rotatable bonds is 7. The Bertz CT molecular complexity index is 2220. The minimum atomic E-state index is -0.333. The molecular formula is C46H46N8. The Labute approximate surface area is 318 Å². The zero-order valence-corrected chi connectivity index (χ0v) is 32.3. The third kappa shape index (κ3) is 5.86. The molecule has 3 aromatic carbocycles. The smallest absolute Gasteiger partial charge is 0.161 e. The van der Waals surface area contributed by atoms with E-state index >= 15 is 0 Å². The summed E-state index contributed by atoms with van der Waals surface area (Å²) in [5.41, 5.74) is 6.88. The van der Waals surface area contributed by atoms with E-state index in [9.17, 15) is 0 Å². The number of pyridine rings is 2. The molecule has 0 spiro atoms. The lowest BCUT2D eigenvalue weighted by molar-refractivity contribution is 0.338. The van der Waals surface area contributed by atoms with Gasteiger partial charge in [-0.25, -0.2) is 9.97 Å². The van der Waals surface area contributed by atoms with E-state index in [-0.39, 0.29) is 22.2 Å². The first-order chi connectivity index (χ1) is 25.8. The normalized spacial score (nSPS) is 18.0. The summed E-state index contributed by atoms with van der Waals surface area (Å²) in [6, 6.07) is 41.3. The number of benzene rings is 3. The molecule has 3 aromatic heterocycles. The van der Waals surface area contributed by atoms with Crippen molar-refractivity contribution in [3.63, 3.8) is 0 Å². The van der Waals surface area contributed by atoms with Gasteiger partial charge in [0.15, 0.2) is 17.5 Å². The molecule has 2 aliphatic heterocycles. The van der Waals surface area contributed by atoms with Crippen LogP contribution in [0.5, 0.6) is 0 Å². The molecule has 0 amide bonds. The molecule has 270 valence electrons. The maximum atomic E-state index is 5.22. The molecule has 8 rings (SSSR count). The van der Waals surface area contributed by atoms with Crippen LogP contribution in [0.1, 0.15) is 66.8 Å². The van der Waals surface area contributed by atoms with Gasteiger partial charge in [-0.05, 0) is 110 Å². The van der Waals surface area contributed by atoms with E-state index < -0.39 is 0 Å². The Balaban J connectivity index is 1.16. The highest BCUT2D eigenvalue weighted by Crippen LogP contribution is 2.43. The molecule has 6 aromatic rings. The van der Waals surface area contributed by atoms with Crippen molar-refractivity contribution < 1.29 is 0 Å². The van der Waals surface area contributed by atoms with Crippen LogP contribution in [-0.2, 0) is 0 Å². The summed E-state index contributed by atoms with van der Waals surface area (Å²) in [7, 11) is 0. The molecule has 2 aliphatic rings. The highest BCUT2D eigenvalue weighted by molar-refractivity contribution is 6.12. The minimum Gasteiger partial charge on any atom is -0.317 e. The van der Waals surface area contributed by atoms with Gasteiger partial charge in [-0.2, -0.15) is 0 Å². The summed E-state index contributed by atoms with van der Waals surface area (Å²) in [4.78, 5) is 35.2. The highest BCUT2D eigenvalue weighted by Gasteiger charge is 2.51. The molecule has 0 aliphatic carbocycles. The summed E-state index contributed by atoms with van der Waals surface area (Å²) >= 11 is 0. The number of hydrogen-bond acceptors (Lipinski definition) is 8. The van der Waals surface area contributed by atoms with E-state index in [1.807, 2.05) is 67.0 Å². The number of aromatic nitrogens is 4. The predicted molar refractivity (Wildman–Crippen MR) is 221 cm³/mol. The minimum absolute atomic E-state index is 0.267. The van der Waals surface area contributed by atoms with E-state index in [0.29, 0.717) is 5.82 Å². The Morgan fingerprint density at radius 2 is 0.815 bits per heavy atom. The van der Waals surface area contributed by atoms with Crippen LogP contribution in [0.4, 0.5) is 11.4 Å². The van der Waals surface area contributed by atoms with E-state index in [4.69, 9.17) is 29.9 Å². The fourth-order valence-corrected chi connectivity index (χ4v) is 7.18. The molecule has 54 heavy (non-hydrogen) atoms. The first-order valence-electron chi connectivity index (χ1n) is 18.6. The third-order valence-corrected chi connectivity index (χ3v) is 11.7. The van der Waals surface area contributed by atoms with Crippen molar-refractivity contribution >= 4 is 23.0 Å². The lowest BCUT2D eigenvalue weighted by atomic mass is 9.83. The highest BCUT2D eigenvalue weighted by atomic mass is 15.4. The third-order valence-electron chi connectivity index (χ3n) is 11.7. The molecule has 0 saturated carbocycles. The van der Waals surface area contributed by atoms with Crippen LogP contribution in [-0.4, -0.2) is 53.8 Å². The maximum absolute atomic E-state index is 5.22. The molecule has 0 bridgehead atoms. The molecule has 0 unspecified atom stereocenters. The van der Waals surface area contributed by atoms with Crippen molar-refractivity contribution in [2.45, 2.75) is 77.5 Å². The first-order valence-corrected chi connectivity index (χ1v) is 18.6. The monoisotopic (exact) mass is 710 g/mol. The second-order valence-corrected chi connectivity index (χ2v) is 16.1. The zero-order chi connectivity index (χ0) is 37.9. The van der Waals surface area contributed by atoms with Crippen molar-refractivity contribution in [1.29, 1.82) is 0 Å². The van der Waals surface area contributed by atoms with E-state index in [1.54, 1.807) is 0 Å². The Hall–Kier alpha value is -6.02. The van der Waals surface area contributed by atoms with Crippen LogP contribution in [0.25, 0.3) is 33.9 Å². The van der Waals surface area contributed by atoms with Crippen LogP contribution < -0.4 is 9.80 Å². The first kappa shape index (κ1) is 35.0. The number of nitrogens with zero attached hydrogens (tertiary/aromatic N) is 8. The summed E-state index contributed by atoms with van der Waals surface area (Å²) < 4.78 is 0. The van der Waals surface area contributed by atoms with E-state index in [2.05, 4.69) is 132 Å². The van der Waals surface area contributed by atoms with Crippen molar-refractivity contribution in [2.24, 2.45) is 9.98 Å². The summed E-state index contributed by atoms with van der Waals surface area (Å²) in [5, 5.41) is 0. The molecule has 0 fully saturated rings. The second kappa shape index (κ2) is 12.8. The van der Waals surface area contributed by atoms with Gasteiger partial charge in [-0.15, -0.1) is 0 Å². The summed E-state index contributed by atoms with van der Waals surface area (Å²) in [5.74, 6) is 2.28. The second-order valence-electron chi connectivity index (χ2n) is 16.1. The maximum Gasteiger partial charge on any atom is 0.161 e. The lowest BCUT2D eigenvalue weighted by Crippen LogP contribution is -2.53. The summed E-state index contributed by atoms with van der Waals surface area (Å²) in [6.07, 6.45) is 3.75. The SMILES string of the molecule is CC1(C)N=C(c2ccc(-c3cc(-c4ccccc4)nc(-c4ccc(C5=NC(C)(C)C(C)(C)N5c5ccccc5)nc4)n3)cn2)N(c2ccccc2)C1(C)C. The molecule has 8 heteroatoms. The quantitative estimate of drug-likeness (QED) is 0.164. The van der Waals surface area contributed by atoms with Crippen LogP contribution >= 0.6 is 0 Å². The van der Waals surface area contributed by atoms with Crippen molar-refractivity contribution in [2.75, 3.05) is 9.80 Å². The molecular weight excluding hydrogens is 665 g/mol. The van der Waals surface area contributed by atoms with Crippen LogP contribution in [0.3, 0.4) is 0 Å². The predicted octanol–water partition coefficient (Wildman–Crippen LogP) is 9.92. The lowest BCUT2D eigenvalue weighted by Gasteiger charge is -2.41. The van der Waals surface area contributed by atoms with Gasteiger partial charge in [-0.1, -0.05) is 66.7 Å². The molecule has 0 radical (unpaired) electrons. The van der Waals surface area contributed by atoms with Crippen LogP contribution in [0, 0.1) is 0 Å². The van der Waals surface area contributed by atoms with E-state index in [0.717, 1.165) is 62.5 Å². The van der Waals surface area contributed by atoms with Gasteiger partial charge >= 0.3 is 0 Å². The molecule has 5 heterocycles. The molecule has 0 saturated heterocycles.